The maximum Gasteiger partial charge on any atom is 0.00672 e. The highest BCUT2D eigenvalue weighted by Crippen LogP contribution is 2.17. The normalized spacial score (nSPS) is 30.5. The van der Waals surface area contributed by atoms with E-state index in [0.717, 1.165) is 12.0 Å². The zero-order chi connectivity index (χ0) is 8.81. The molecular weight excluding hydrogens is 146 g/mol. The first-order valence-electron chi connectivity index (χ1n) is 5.56. The van der Waals surface area contributed by atoms with Gasteiger partial charge in [0.25, 0.3) is 0 Å². The van der Waals surface area contributed by atoms with Gasteiger partial charge in [-0.25, -0.2) is 0 Å². The molecule has 1 saturated heterocycles. The minimum atomic E-state index is 0.841. The molecule has 0 amide bonds. The predicted molar refractivity (Wildman–Crippen MR) is 54.3 cm³/mol. The molecule has 0 aromatic heterocycles. The van der Waals surface area contributed by atoms with Gasteiger partial charge in [0, 0.05) is 6.04 Å². The van der Waals surface area contributed by atoms with Gasteiger partial charge in [-0.15, -0.1) is 0 Å². The molecule has 1 aliphatic heterocycles. The monoisotopic (exact) mass is 169 g/mol. The first kappa shape index (κ1) is 10.0. The van der Waals surface area contributed by atoms with Gasteiger partial charge < -0.3 is 5.32 Å². The van der Waals surface area contributed by atoms with Crippen LogP contribution < -0.4 is 5.32 Å². The average Bonchev–Trinajstić information content (AvgIpc) is 2.09. The fraction of sp³-hybridized carbons (Fsp3) is 1.00. The maximum atomic E-state index is 3.63. The highest BCUT2D eigenvalue weighted by Gasteiger charge is 2.16. The number of hydrogen-bond donors (Lipinski definition) is 1. The minimum Gasteiger partial charge on any atom is -0.314 e. The van der Waals surface area contributed by atoms with E-state index in [1.54, 1.807) is 0 Å². The van der Waals surface area contributed by atoms with Gasteiger partial charge in [-0.1, -0.05) is 33.1 Å². The van der Waals surface area contributed by atoms with E-state index in [4.69, 9.17) is 0 Å². The summed E-state index contributed by atoms with van der Waals surface area (Å²) < 4.78 is 0. The van der Waals surface area contributed by atoms with Crippen molar-refractivity contribution in [3.05, 3.63) is 0 Å². The summed E-state index contributed by atoms with van der Waals surface area (Å²) in [5.41, 5.74) is 0. The lowest BCUT2D eigenvalue weighted by Gasteiger charge is -2.27. The summed E-state index contributed by atoms with van der Waals surface area (Å²) in [5.74, 6) is 0.910. The van der Waals surface area contributed by atoms with Crippen LogP contribution in [0.25, 0.3) is 0 Å². The fourth-order valence-electron chi connectivity index (χ4n) is 1.94. The summed E-state index contributed by atoms with van der Waals surface area (Å²) in [6, 6.07) is 0.841. The van der Waals surface area contributed by atoms with Crippen molar-refractivity contribution in [2.75, 3.05) is 6.54 Å². The van der Waals surface area contributed by atoms with E-state index in [2.05, 4.69) is 19.2 Å². The molecule has 72 valence electrons. The number of unbranched alkanes of at least 4 members (excludes halogenated alkanes) is 2. The molecule has 0 saturated carbocycles. The molecule has 1 aliphatic rings. The maximum absolute atomic E-state index is 3.63. The third-order valence-corrected chi connectivity index (χ3v) is 2.92. The first-order chi connectivity index (χ1) is 5.83. The lowest BCUT2D eigenvalue weighted by Crippen LogP contribution is -2.37. The largest absolute Gasteiger partial charge is 0.314 e. The van der Waals surface area contributed by atoms with Gasteiger partial charge in [0.1, 0.15) is 0 Å². The van der Waals surface area contributed by atoms with E-state index >= 15 is 0 Å². The van der Waals surface area contributed by atoms with Crippen molar-refractivity contribution in [3.63, 3.8) is 0 Å². The van der Waals surface area contributed by atoms with E-state index in [-0.39, 0.29) is 0 Å². The topological polar surface area (TPSA) is 12.0 Å². The van der Waals surface area contributed by atoms with Crippen molar-refractivity contribution < 1.29 is 0 Å². The van der Waals surface area contributed by atoms with Crippen LogP contribution in [0.3, 0.4) is 0 Å². The second-order valence-electron chi connectivity index (χ2n) is 4.28. The molecule has 0 aromatic rings. The summed E-state index contributed by atoms with van der Waals surface area (Å²) in [7, 11) is 0. The molecule has 0 spiro atoms. The van der Waals surface area contributed by atoms with Crippen LogP contribution in [0.15, 0.2) is 0 Å². The summed E-state index contributed by atoms with van der Waals surface area (Å²) in [6.07, 6.45) is 8.43. The van der Waals surface area contributed by atoms with Gasteiger partial charge in [-0.05, 0) is 31.7 Å². The first-order valence-corrected chi connectivity index (χ1v) is 5.56. The van der Waals surface area contributed by atoms with Crippen molar-refractivity contribution in [2.24, 2.45) is 5.92 Å². The van der Waals surface area contributed by atoms with Crippen molar-refractivity contribution >= 4 is 0 Å². The number of nitrogens with one attached hydrogen (secondary N) is 1. The summed E-state index contributed by atoms with van der Waals surface area (Å²) in [6.45, 7) is 5.86. The fourth-order valence-corrected chi connectivity index (χ4v) is 1.94. The van der Waals surface area contributed by atoms with Crippen LogP contribution in [0, 0.1) is 5.92 Å². The van der Waals surface area contributed by atoms with Crippen LogP contribution in [-0.4, -0.2) is 12.6 Å². The Labute approximate surface area is 76.9 Å². The van der Waals surface area contributed by atoms with Gasteiger partial charge in [0.2, 0.25) is 0 Å². The van der Waals surface area contributed by atoms with Crippen LogP contribution >= 0.6 is 0 Å². The molecule has 1 rings (SSSR count). The molecule has 0 radical (unpaired) electrons. The van der Waals surface area contributed by atoms with Gasteiger partial charge in [0.05, 0.1) is 0 Å². The zero-order valence-corrected chi connectivity index (χ0v) is 8.60. The van der Waals surface area contributed by atoms with Gasteiger partial charge >= 0.3 is 0 Å². The van der Waals surface area contributed by atoms with Crippen molar-refractivity contribution in [1.29, 1.82) is 0 Å². The van der Waals surface area contributed by atoms with Gasteiger partial charge in [-0.3, -0.25) is 0 Å². The standard InChI is InChI=1S/C11H23N/c1-3-4-5-6-11-8-7-10(2)9-12-11/h10-12H,3-9H2,1-2H3. The van der Waals surface area contributed by atoms with Crippen molar-refractivity contribution in [2.45, 2.75) is 58.4 Å². The summed E-state index contributed by atoms with van der Waals surface area (Å²) in [4.78, 5) is 0. The Morgan fingerprint density at radius 2 is 2.08 bits per heavy atom. The molecule has 1 nitrogen and oxygen atoms in total. The molecule has 2 unspecified atom stereocenters. The molecule has 1 heterocycles. The van der Waals surface area contributed by atoms with Gasteiger partial charge in [0.15, 0.2) is 0 Å². The minimum absolute atomic E-state index is 0.841. The van der Waals surface area contributed by atoms with Crippen LogP contribution in [0.2, 0.25) is 0 Å². The van der Waals surface area contributed by atoms with E-state index < -0.39 is 0 Å². The number of rotatable bonds is 4. The van der Waals surface area contributed by atoms with E-state index in [9.17, 15) is 0 Å². The van der Waals surface area contributed by atoms with Crippen molar-refractivity contribution in [3.8, 4) is 0 Å². The second-order valence-corrected chi connectivity index (χ2v) is 4.28. The number of piperidine rings is 1. The smallest absolute Gasteiger partial charge is 0.00672 e. The van der Waals surface area contributed by atoms with Crippen LogP contribution in [0.1, 0.15) is 52.4 Å². The third-order valence-electron chi connectivity index (χ3n) is 2.92. The second kappa shape index (κ2) is 5.58. The van der Waals surface area contributed by atoms with E-state index in [1.807, 2.05) is 0 Å². The molecular formula is C11H23N. The third kappa shape index (κ3) is 3.57. The summed E-state index contributed by atoms with van der Waals surface area (Å²) >= 11 is 0. The Morgan fingerprint density at radius 3 is 2.67 bits per heavy atom. The molecule has 12 heavy (non-hydrogen) atoms. The Balaban J connectivity index is 2.01. The molecule has 0 aromatic carbocycles. The highest BCUT2D eigenvalue weighted by molar-refractivity contribution is 4.75. The quantitative estimate of drug-likeness (QED) is 0.638. The zero-order valence-electron chi connectivity index (χ0n) is 8.60. The molecule has 0 aliphatic carbocycles. The Morgan fingerprint density at radius 1 is 1.25 bits per heavy atom. The van der Waals surface area contributed by atoms with Crippen LogP contribution in [-0.2, 0) is 0 Å². The molecule has 1 heteroatoms. The molecule has 2 atom stereocenters. The molecule has 0 bridgehead atoms. The van der Waals surface area contributed by atoms with Crippen LogP contribution in [0.5, 0.6) is 0 Å². The lowest BCUT2D eigenvalue weighted by molar-refractivity contribution is 0.310. The van der Waals surface area contributed by atoms with Gasteiger partial charge in [-0.2, -0.15) is 0 Å². The Hall–Kier alpha value is -0.0400. The van der Waals surface area contributed by atoms with E-state index in [0.29, 0.717) is 0 Å². The van der Waals surface area contributed by atoms with Crippen molar-refractivity contribution in [1.82, 2.24) is 5.32 Å². The van der Waals surface area contributed by atoms with E-state index in [1.165, 1.54) is 45.1 Å². The predicted octanol–water partition coefficient (Wildman–Crippen LogP) is 2.95. The highest BCUT2D eigenvalue weighted by atomic mass is 14.9. The Kier molecular flexibility index (Phi) is 4.67. The Bertz CT molecular complexity index is 104. The lowest BCUT2D eigenvalue weighted by atomic mass is 9.93. The molecule has 1 N–H and O–H groups in total. The number of hydrogen-bond acceptors (Lipinski definition) is 1. The van der Waals surface area contributed by atoms with Crippen LogP contribution in [0.4, 0.5) is 0 Å². The average molecular weight is 169 g/mol. The summed E-state index contributed by atoms with van der Waals surface area (Å²) in [5, 5.41) is 3.63. The molecule has 1 fully saturated rings. The SMILES string of the molecule is CCCCCC1CCC(C)CN1.